The second kappa shape index (κ2) is 10.00. The number of aromatic nitrogens is 2. The van der Waals surface area contributed by atoms with Gasteiger partial charge in [-0.15, -0.1) is 0 Å². The molecule has 10 nitrogen and oxygen atoms in total. The van der Waals surface area contributed by atoms with E-state index in [9.17, 15) is 23.1 Å². The van der Waals surface area contributed by atoms with Gasteiger partial charge in [0.15, 0.2) is 0 Å². The molecule has 1 aromatic carbocycles. The van der Waals surface area contributed by atoms with Crippen molar-refractivity contribution in [3.8, 4) is 11.6 Å². The monoisotopic (exact) mass is 543 g/mol. The number of aryl methyl sites for hydroxylation is 2. The number of nitrogens with one attached hydrogen (secondary N) is 2. The van der Waals surface area contributed by atoms with E-state index in [1.807, 2.05) is 13.8 Å². The number of piperidine rings is 1. The van der Waals surface area contributed by atoms with Gasteiger partial charge in [0.1, 0.15) is 11.4 Å². The van der Waals surface area contributed by atoms with Crippen LogP contribution < -0.4 is 11.0 Å². The lowest BCUT2D eigenvalue weighted by molar-refractivity contribution is -0.125. The largest absolute Gasteiger partial charge is 0.493 e. The fourth-order valence-corrected chi connectivity index (χ4v) is 7.66. The summed E-state index contributed by atoms with van der Waals surface area (Å²) in [5.41, 5.74) is 1.84. The number of carbonyl (C=O) groups excluding carboxylic acids is 1. The molecule has 1 spiro atoms. The Hall–Kier alpha value is -2.92. The summed E-state index contributed by atoms with van der Waals surface area (Å²) >= 11 is 0. The highest BCUT2D eigenvalue weighted by Crippen LogP contribution is 2.36. The van der Waals surface area contributed by atoms with Crippen LogP contribution in [0.5, 0.6) is 5.88 Å². The van der Waals surface area contributed by atoms with Crippen LogP contribution in [0, 0.1) is 25.7 Å². The first-order valence-corrected chi connectivity index (χ1v) is 15.1. The van der Waals surface area contributed by atoms with Gasteiger partial charge < -0.3 is 15.4 Å². The SMILES string of the molecule is Cc1cc(-n2c(O)c[nH]c2=O)cc(C)c1CCS(=O)(=O)N1CCC2(CC1)N=C(C1CCC(C)CC1)NC2=O. The zero-order valence-corrected chi connectivity index (χ0v) is 23.1. The maximum Gasteiger partial charge on any atom is 0.333 e. The summed E-state index contributed by atoms with van der Waals surface area (Å²) in [4.78, 5) is 32.3. The fourth-order valence-electron chi connectivity index (χ4n) is 6.21. The summed E-state index contributed by atoms with van der Waals surface area (Å²) in [6, 6.07) is 3.55. The Labute approximate surface area is 223 Å². The molecule has 3 aliphatic rings. The molecule has 38 heavy (non-hydrogen) atoms. The molecule has 1 saturated heterocycles. The maximum absolute atomic E-state index is 13.3. The average molecular weight is 544 g/mol. The van der Waals surface area contributed by atoms with E-state index in [-0.39, 0.29) is 30.6 Å². The number of amides is 1. The minimum Gasteiger partial charge on any atom is -0.493 e. The fraction of sp³-hybridized carbons (Fsp3) is 0.593. The molecule has 1 amide bonds. The molecule has 0 unspecified atom stereocenters. The van der Waals surface area contributed by atoms with Crippen LogP contribution in [-0.2, 0) is 21.2 Å². The summed E-state index contributed by atoms with van der Waals surface area (Å²) in [6.45, 7) is 6.57. The van der Waals surface area contributed by atoms with E-state index in [1.165, 1.54) is 15.1 Å². The van der Waals surface area contributed by atoms with Crippen LogP contribution in [0.2, 0.25) is 0 Å². The number of sulfonamides is 1. The minimum absolute atomic E-state index is 0.0443. The van der Waals surface area contributed by atoms with Gasteiger partial charge in [-0.3, -0.25) is 9.79 Å². The Morgan fingerprint density at radius 1 is 1.08 bits per heavy atom. The van der Waals surface area contributed by atoms with Gasteiger partial charge in [-0.2, -0.15) is 0 Å². The van der Waals surface area contributed by atoms with Gasteiger partial charge in [0, 0.05) is 19.0 Å². The average Bonchev–Trinajstić information content (AvgIpc) is 3.37. The van der Waals surface area contributed by atoms with Crippen molar-refractivity contribution in [2.45, 2.75) is 71.3 Å². The summed E-state index contributed by atoms with van der Waals surface area (Å²) in [5, 5.41) is 13.0. The summed E-state index contributed by atoms with van der Waals surface area (Å²) in [6.07, 6.45) is 6.73. The van der Waals surface area contributed by atoms with Crippen molar-refractivity contribution in [2.75, 3.05) is 18.8 Å². The number of aromatic amines is 1. The third kappa shape index (κ3) is 4.93. The Morgan fingerprint density at radius 3 is 2.29 bits per heavy atom. The van der Waals surface area contributed by atoms with Crippen molar-refractivity contribution in [3.63, 3.8) is 0 Å². The van der Waals surface area contributed by atoms with Crippen molar-refractivity contribution >= 4 is 21.8 Å². The number of nitrogens with zero attached hydrogens (tertiary/aromatic N) is 3. The first-order chi connectivity index (χ1) is 18.0. The molecule has 1 saturated carbocycles. The van der Waals surface area contributed by atoms with Gasteiger partial charge in [0.2, 0.25) is 15.9 Å². The summed E-state index contributed by atoms with van der Waals surface area (Å²) in [5.74, 6) is 1.51. The standard InChI is InChI=1S/C27H37N5O5S/c1-17-4-6-20(7-5-17)24-29-25(34)27(30-24)9-11-31(12-10-27)38(36,37)13-8-22-18(2)14-21(15-19(22)3)32-23(33)16-28-26(32)35/h14-17,20,33H,4-13H2,1-3H3,(H,28,35)(H,29,30,34). The second-order valence-electron chi connectivity index (χ2n) is 11.3. The van der Waals surface area contributed by atoms with Crippen LogP contribution >= 0.6 is 0 Å². The van der Waals surface area contributed by atoms with E-state index in [1.54, 1.807) is 12.1 Å². The summed E-state index contributed by atoms with van der Waals surface area (Å²) in [7, 11) is -3.53. The normalized spacial score (nSPS) is 24.0. The van der Waals surface area contributed by atoms with E-state index in [0.717, 1.165) is 48.2 Å². The topological polar surface area (TPSA) is 137 Å². The predicted molar refractivity (Wildman–Crippen MR) is 145 cm³/mol. The van der Waals surface area contributed by atoms with E-state index in [2.05, 4.69) is 17.2 Å². The maximum atomic E-state index is 13.3. The van der Waals surface area contributed by atoms with Gasteiger partial charge in [0.25, 0.3) is 5.91 Å². The molecule has 2 fully saturated rings. The number of benzene rings is 1. The Kier molecular flexibility index (Phi) is 7.02. The Bertz CT molecular complexity index is 1400. The number of rotatable bonds is 6. The first-order valence-electron chi connectivity index (χ1n) is 13.5. The molecular formula is C27H37N5O5S. The molecule has 3 N–H and O–H groups in total. The van der Waals surface area contributed by atoms with Crippen LogP contribution in [0.15, 0.2) is 28.1 Å². The number of carbonyl (C=O) groups is 1. The summed E-state index contributed by atoms with van der Waals surface area (Å²) < 4.78 is 29.2. The number of amidine groups is 1. The molecule has 3 heterocycles. The number of hydrogen-bond donors (Lipinski definition) is 3. The highest BCUT2D eigenvalue weighted by molar-refractivity contribution is 7.89. The van der Waals surface area contributed by atoms with Crippen LogP contribution in [0.25, 0.3) is 5.69 Å². The first kappa shape index (κ1) is 26.7. The second-order valence-corrected chi connectivity index (χ2v) is 13.3. The van der Waals surface area contributed by atoms with Gasteiger partial charge >= 0.3 is 5.69 Å². The number of aromatic hydroxyl groups is 1. The zero-order valence-electron chi connectivity index (χ0n) is 22.3. The molecule has 1 aliphatic carbocycles. The van der Waals surface area contributed by atoms with E-state index >= 15 is 0 Å². The smallest absolute Gasteiger partial charge is 0.333 e. The highest BCUT2D eigenvalue weighted by Gasteiger charge is 2.48. The molecule has 206 valence electrons. The minimum atomic E-state index is -3.53. The molecule has 5 rings (SSSR count). The van der Waals surface area contributed by atoms with Crippen LogP contribution in [0.3, 0.4) is 0 Å². The van der Waals surface area contributed by atoms with E-state index in [4.69, 9.17) is 4.99 Å². The third-order valence-corrected chi connectivity index (χ3v) is 10.5. The van der Waals surface area contributed by atoms with Crippen molar-refractivity contribution < 1.29 is 18.3 Å². The Morgan fingerprint density at radius 2 is 1.71 bits per heavy atom. The van der Waals surface area contributed by atoms with Crippen molar-refractivity contribution in [1.29, 1.82) is 0 Å². The number of aliphatic imine (C=N–C) groups is 1. The van der Waals surface area contributed by atoms with Crippen molar-refractivity contribution in [2.24, 2.45) is 16.8 Å². The van der Waals surface area contributed by atoms with Gasteiger partial charge in [-0.1, -0.05) is 19.8 Å². The van der Waals surface area contributed by atoms with E-state index < -0.39 is 21.3 Å². The molecule has 0 bridgehead atoms. The van der Waals surface area contributed by atoms with Crippen LogP contribution in [0.1, 0.15) is 62.1 Å². The molecule has 2 aromatic rings. The highest BCUT2D eigenvalue weighted by atomic mass is 32.2. The molecule has 1 aromatic heterocycles. The van der Waals surface area contributed by atoms with Crippen LogP contribution in [-0.4, -0.2) is 63.5 Å². The number of hydrogen-bond acceptors (Lipinski definition) is 6. The Balaban J connectivity index is 1.23. The zero-order chi connectivity index (χ0) is 27.2. The molecule has 0 atom stereocenters. The van der Waals surface area contributed by atoms with Gasteiger partial charge in [0.05, 0.1) is 17.6 Å². The molecule has 0 radical (unpaired) electrons. The van der Waals surface area contributed by atoms with Gasteiger partial charge in [-0.05, 0) is 80.7 Å². The van der Waals surface area contributed by atoms with Gasteiger partial charge in [-0.25, -0.2) is 22.1 Å². The molecule has 2 aliphatic heterocycles. The van der Waals surface area contributed by atoms with Crippen molar-refractivity contribution in [1.82, 2.24) is 19.2 Å². The van der Waals surface area contributed by atoms with E-state index in [0.29, 0.717) is 36.8 Å². The van der Waals surface area contributed by atoms with Crippen LogP contribution in [0.4, 0.5) is 0 Å². The third-order valence-electron chi connectivity index (χ3n) is 8.65. The number of H-pyrrole nitrogens is 1. The lowest BCUT2D eigenvalue weighted by Gasteiger charge is -2.34. The van der Waals surface area contributed by atoms with Crippen molar-refractivity contribution in [3.05, 3.63) is 45.5 Å². The lowest BCUT2D eigenvalue weighted by Crippen LogP contribution is -2.51. The number of imidazole rings is 1. The molecule has 11 heteroatoms. The molecular weight excluding hydrogens is 506 g/mol. The quantitative estimate of drug-likeness (QED) is 0.514. The lowest BCUT2D eigenvalue weighted by atomic mass is 9.82. The predicted octanol–water partition coefficient (Wildman–Crippen LogP) is 2.55.